The van der Waals surface area contributed by atoms with Crippen LogP contribution in [-0.2, 0) is 11.2 Å². The van der Waals surface area contributed by atoms with Gasteiger partial charge in [0.05, 0.1) is 11.2 Å². The summed E-state index contributed by atoms with van der Waals surface area (Å²) in [6.07, 6.45) is 24.1. The molecule has 4 bridgehead atoms. The van der Waals surface area contributed by atoms with Crippen molar-refractivity contribution in [2.75, 3.05) is 39.3 Å². The summed E-state index contributed by atoms with van der Waals surface area (Å²) in [6.45, 7) is 6.90. The summed E-state index contributed by atoms with van der Waals surface area (Å²) in [6, 6.07) is 20.9. The van der Waals surface area contributed by atoms with Crippen LogP contribution in [0.2, 0.25) is 0 Å². The van der Waals surface area contributed by atoms with Crippen LogP contribution in [0.5, 0.6) is 0 Å². The zero-order valence-corrected chi connectivity index (χ0v) is 28.1. The maximum atomic E-state index is 11.8. The highest BCUT2D eigenvalue weighted by Gasteiger charge is 2.49. The van der Waals surface area contributed by atoms with Crippen LogP contribution in [0.25, 0.3) is 0 Å². The van der Waals surface area contributed by atoms with E-state index in [-0.39, 0.29) is 0 Å². The van der Waals surface area contributed by atoms with E-state index in [9.17, 15) is 10.2 Å². The van der Waals surface area contributed by atoms with E-state index in [0.717, 1.165) is 49.9 Å². The first-order valence-electron chi connectivity index (χ1n) is 18.9. The molecule has 2 aliphatic heterocycles. The number of likely N-dealkylation sites (tertiary alicyclic amines) is 2. The van der Waals surface area contributed by atoms with Gasteiger partial charge in [-0.3, -0.25) is 0 Å². The third-order valence-corrected chi connectivity index (χ3v) is 12.8. The number of aliphatic hydroxyl groups is 2. The molecule has 2 N–H and O–H groups in total. The summed E-state index contributed by atoms with van der Waals surface area (Å²) in [5, 5.41) is 23.5. The molecule has 248 valence electrons. The highest BCUT2D eigenvalue weighted by Crippen LogP contribution is 2.53. The van der Waals surface area contributed by atoms with Crippen LogP contribution in [0.3, 0.4) is 0 Å². The molecule has 8 atom stereocenters. The SMILES string of the molecule is O[C@@](CCN1CCCCC1)(c1ccccc1)[C@@H]1CC2C=C[C@H]1C2.O[C@](CCN1CCCCC1)(c1ccccc1)[C@H]1CC2C=C[C@@H]1C2. The van der Waals surface area contributed by atoms with Crippen molar-refractivity contribution in [3.05, 3.63) is 96.1 Å². The van der Waals surface area contributed by atoms with Crippen molar-refractivity contribution in [2.24, 2.45) is 35.5 Å². The standard InChI is InChI=1S/2C21H29NO/c2*23-21(19-7-3-1-4-8-19,11-14-22-12-5-2-6-13-22)20-16-17-9-10-18(20)15-17/h2*1,3-4,7-10,17-18,20,23H,2,5-6,11-16H2/t2*17?,18-,20+,21-/m10/s1. The van der Waals surface area contributed by atoms with Crippen LogP contribution in [0.4, 0.5) is 0 Å². The average Bonchev–Trinajstić information content (AvgIpc) is 3.96. The molecule has 4 fully saturated rings. The third-order valence-electron chi connectivity index (χ3n) is 12.8. The van der Waals surface area contributed by atoms with E-state index >= 15 is 0 Å². The monoisotopic (exact) mass is 622 g/mol. The Morgan fingerprint density at radius 3 is 1.22 bits per heavy atom. The van der Waals surface area contributed by atoms with E-state index in [0.29, 0.717) is 35.5 Å². The van der Waals surface area contributed by atoms with Gasteiger partial charge in [-0.15, -0.1) is 0 Å². The van der Waals surface area contributed by atoms with Gasteiger partial charge in [-0.1, -0.05) is 97.8 Å². The molecule has 0 radical (unpaired) electrons. The average molecular weight is 623 g/mol. The number of nitrogens with zero attached hydrogens (tertiary/aromatic N) is 2. The molecule has 6 aliphatic rings. The lowest BCUT2D eigenvalue weighted by molar-refractivity contribution is -0.0498. The predicted octanol–water partition coefficient (Wildman–Crippen LogP) is 7.92. The van der Waals surface area contributed by atoms with Gasteiger partial charge in [0.25, 0.3) is 0 Å². The van der Waals surface area contributed by atoms with Gasteiger partial charge in [-0.05, 0) is 137 Å². The molecule has 2 aromatic carbocycles. The van der Waals surface area contributed by atoms with Crippen LogP contribution >= 0.6 is 0 Å². The molecule has 46 heavy (non-hydrogen) atoms. The maximum absolute atomic E-state index is 11.8. The fraction of sp³-hybridized carbons (Fsp3) is 0.619. The summed E-state index contributed by atoms with van der Waals surface area (Å²) in [7, 11) is 0. The molecule has 0 amide bonds. The molecule has 2 aromatic rings. The third kappa shape index (κ3) is 6.97. The fourth-order valence-electron chi connectivity index (χ4n) is 10.2. The van der Waals surface area contributed by atoms with E-state index in [1.165, 1.54) is 77.5 Å². The summed E-state index contributed by atoms with van der Waals surface area (Å²) >= 11 is 0. The number of fused-ring (bicyclic) bond motifs is 4. The zero-order chi connectivity index (χ0) is 31.4. The second-order valence-corrected chi connectivity index (χ2v) is 15.7. The molecule has 0 spiro atoms. The Kier molecular flexibility index (Phi) is 10.2. The molecule has 2 saturated heterocycles. The lowest BCUT2D eigenvalue weighted by Crippen LogP contribution is -2.42. The van der Waals surface area contributed by atoms with Crippen molar-refractivity contribution in [2.45, 2.75) is 88.3 Å². The first kappa shape index (κ1) is 32.3. The van der Waals surface area contributed by atoms with Gasteiger partial charge in [-0.2, -0.15) is 0 Å². The Morgan fingerprint density at radius 1 is 0.500 bits per heavy atom. The number of hydrogen-bond donors (Lipinski definition) is 2. The Bertz CT molecular complexity index is 1200. The lowest BCUT2D eigenvalue weighted by atomic mass is 9.72. The molecule has 2 unspecified atom stereocenters. The lowest BCUT2D eigenvalue weighted by Gasteiger charge is -2.40. The van der Waals surface area contributed by atoms with Gasteiger partial charge in [0.15, 0.2) is 0 Å². The van der Waals surface area contributed by atoms with Crippen LogP contribution in [0, 0.1) is 35.5 Å². The first-order valence-corrected chi connectivity index (χ1v) is 18.9. The Balaban J connectivity index is 0.000000147. The van der Waals surface area contributed by atoms with Crippen molar-refractivity contribution in [3.8, 4) is 0 Å². The molecular formula is C42H58N2O2. The topological polar surface area (TPSA) is 46.9 Å². The second kappa shape index (κ2) is 14.5. The van der Waals surface area contributed by atoms with Crippen molar-refractivity contribution in [1.29, 1.82) is 0 Å². The fourth-order valence-corrected chi connectivity index (χ4v) is 10.2. The minimum Gasteiger partial charge on any atom is -0.385 e. The van der Waals surface area contributed by atoms with Crippen molar-refractivity contribution >= 4 is 0 Å². The minimum atomic E-state index is -0.664. The normalized spacial score (nSPS) is 33.0. The van der Waals surface area contributed by atoms with Crippen molar-refractivity contribution in [3.63, 3.8) is 0 Å². The summed E-state index contributed by atoms with van der Waals surface area (Å²) in [4.78, 5) is 5.11. The molecule has 0 aromatic heterocycles. The van der Waals surface area contributed by atoms with E-state index < -0.39 is 11.2 Å². The number of allylic oxidation sites excluding steroid dienone is 4. The van der Waals surface area contributed by atoms with Crippen LogP contribution in [0.15, 0.2) is 85.0 Å². The van der Waals surface area contributed by atoms with E-state index in [2.05, 4.69) is 94.8 Å². The second-order valence-electron chi connectivity index (χ2n) is 15.7. The van der Waals surface area contributed by atoms with Crippen LogP contribution in [0.1, 0.15) is 88.2 Å². The number of benzene rings is 2. The van der Waals surface area contributed by atoms with Gasteiger partial charge < -0.3 is 20.0 Å². The summed E-state index contributed by atoms with van der Waals surface area (Å²) in [5.41, 5.74) is 0.928. The van der Waals surface area contributed by atoms with Gasteiger partial charge in [-0.25, -0.2) is 0 Å². The van der Waals surface area contributed by atoms with Gasteiger partial charge in [0.2, 0.25) is 0 Å². The molecule has 2 saturated carbocycles. The number of hydrogen-bond acceptors (Lipinski definition) is 4. The molecule has 2 heterocycles. The number of rotatable bonds is 10. The van der Waals surface area contributed by atoms with E-state index in [1.54, 1.807) is 0 Å². The minimum absolute atomic E-state index is 0.393. The van der Waals surface area contributed by atoms with E-state index in [1.807, 2.05) is 0 Å². The van der Waals surface area contributed by atoms with Crippen molar-refractivity contribution in [1.82, 2.24) is 9.80 Å². The Hall–Kier alpha value is -2.24. The van der Waals surface area contributed by atoms with Crippen molar-refractivity contribution < 1.29 is 10.2 Å². The van der Waals surface area contributed by atoms with Gasteiger partial charge in [0, 0.05) is 13.1 Å². The molecular weight excluding hydrogens is 564 g/mol. The summed E-state index contributed by atoms with van der Waals surface area (Å²) < 4.78 is 0. The van der Waals surface area contributed by atoms with Crippen LogP contribution in [-0.4, -0.2) is 59.3 Å². The van der Waals surface area contributed by atoms with Gasteiger partial charge in [0.1, 0.15) is 0 Å². The molecule has 8 rings (SSSR count). The highest BCUT2D eigenvalue weighted by molar-refractivity contribution is 5.28. The first-order chi connectivity index (χ1) is 22.5. The van der Waals surface area contributed by atoms with Gasteiger partial charge >= 0.3 is 0 Å². The van der Waals surface area contributed by atoms with E-state index in [4.69, 9.17) is 0 Å². The zero-order valence-electron chi connectivity index (χ0n) is 28.1. The smallest absolute Gasteiger partial charge is 0.0942 e. The van der Waals surface area contributed by atoms with Crippen LogP contribution < -0.4 is 0 Å². The quantitative estimate of drug-likeness (QED) is 0.264. The highest BCUT2D eigenvalue weighted by atomic mass is 16.3. The Morgan fingerprint density at radius 2 is 0.891 bits per heavy atom. The molecule has 4 aliphatic carbocycles. The predicted molar refractivity (Wildman–Crippen MR) is 188 cm³/mol. The largest absolute Gasteiger partial charge is 0.385 e. The number of piperidine rings is 2. The maximum Gasteiger partial charge on any atom is 0.0942 e. The molecule has 4 heteroatoms. The summed E-state index contributed by atoms with van der Waals surface area (Å²) in [5.74, 6) is 3.35. The Labute approximate surface area is 278 Å². The molecule has 4 nitrogen and oxygen atoms in total.